The van der Waals surface area contributed by atoms with E-state index in [1.54, 1.807) is 0 Å². The van der Waals surface area contributed by atoms with Crippen LogP contribution in [0, 0.1) is 0 Å². The highest BCUT2D eigenvalue weighted by atomic mass is 16.3. The van der Waals surface area contributed by atoms with Crippen molar-refractivity contribution < 1.29 is 10.2 Å². The van der Waals surface area contributed by atoms with Gasteiger partial charge < -0.3 is 10.2 Å². The average Bonchev–Trinajstić information content (AvgIpc) is 2.17. The highest BCUT2D eigenvalue weighted by molar-refractivity contribution is 4.98. The van der Waals surface area contributed by atoms with Crippen LogP contribution in [-0.4, -0.2) is 46.5 Å². The molecule has 2 aliphatic heterocycles. The Kier molecular flexibility index (Phi) is 1.67. The number of hydrogen-bond donors (Lipinski definition) is 2. The summed E-state index contributed by atoms with van der Waals surface area (Å²) < 4.78 is 0. The van der Waals surface area contributed by atoms with Crippen molar-refractivity contribution in [1.29, 1.82) is 0 Å². The number of aliphatic hydroxyl groups excluding tert-OH is 2. The maximum Gasteiger partial charge on any atom is 0.0711 e. The average molecular weight is 157 g/mol. The summed E-state index contributed by atoms with van der Waals surface area (Å²) in [6, 6.07) is 0.627. The zero-order chi connectivity index (χ0) is 8.01. The molecule has 0 amide bonds. The van der Waals surface area contributed by atoms with E-state index in [2.05, 4.69) is 4.90 Å². The molecule has 3 heteroatoms. The fourth-order valence-electron chi connectivity index (χ4n) is 2.42. The van der Waals surface area contributed by atoms with Crippen molar-refractivity contribution in [3.05, 3.63) is 0 Å². The number of rotatable bonds is 0. The van der Waals surface area contributed by atoms with Crippen LogP contribution in [-0.2, 0) is 0 Å². The van der Waals surface area contributed by atoms with Crippen molar-refractivity contribution in [2.24, 2.45) is 0 Å². The second-order valence-corrected chi connectivity index (χ2v) is 3.81. The molecule has 0 radical (unpaired) electrons. The van der Waals surface area contributed by atoms with Crippen molar-refractivity contribution in [2.45, 2.75) is 43.6 Å². The fraction of sp³-hybridized carbons (Fsp3) is 1.00. The highest BCUT2D eigenvalue weighted by Crippen LogP contribution is 2.34. The maximum absolute atomic E-state index is 9.53. The van der Waals surface area contributed by atoms with E-state index < -0.39 is 0 Å². The number of nitrogens with zero attached hydrogens (tertiary/aromatic N) is 1. The van der Waals surface area contributed by atoms with E-state index in [0.717, 1.165) is 19.3 Å². The first-order valence-corrected chi connectivity index (χ1v) is 4.26. The molecule has 4 atom stereocenters. The first-order chi connectivity index (χ1) is 5.18. The summed E-state index contributed by atoms with van der Waals surface area (Å²) in [5.74, 6) is 0. The monoisotopic (exact) mass is 157 g/mol. The Bertz CT molecular complexity index is 160. The van der Waals surface area contributed by atoms with E-state index in [0.29, 0.717) is 6.04 Å². The number of piperidine rings is 1. The SMILES string of the molecule is CN1[C@@H]2CC(O)C[C@H]1C(O)C2. The second-order valence-electron chi connectivity index (χ2n) is 3.81. The second kappa shape index (κ2) is 2.44. The molecule has 2 bridgehead atoms. The van der Waals surface area contributed by atoms with Crippen LogP contribution in [0.2, 0.25) is 0 Å². The molecule has 3 nitrogen and oxygen atoms in total. The molecule has 2 heterocycles. The van der Waals surface area contributed by atoms with Crippen LogP contribution in [0.4, 0.5) is 0 Å². The van der Waals surface area contributed by atoms with Crippen LogP contribution in [0.25, 0.3) is 0 Å². The number of likely N-dealkylation sites (N-methyl/N-ethyl adjacent to an activating group) is 1. The summed E-state index contributed by atoms with van der Waals surface area (Å²) in [7, 11) is 2.04. The fourth-order valence-corrected chi connectivity index (χ4v) is 2.42. The van der Waals surface area contributed by atoms with Gasteiger partial charge in [-0.15, -0.1) is 0 Å². The maximum atomic E-state index is 9.53. The van der Waals surface area contributed by atoms with Gasteiger partial charge in [0, 0.05) is 12.1 Å². The van der Waals surface area contributed by atoms with Gasteiger partial charge in [0.1, 0.15) is 0 Å². The molecule has 0 spiro atoms. The zero-order valence-electron chi connectivity index (χ0n) is 6.77. The van der Waals surface area contributed by atoms with Gasteiger partial charge in [0.2, 0.25) is 0 Å². The molecule has 0 aromatic rings. The largest absolute Gasteiger partial charge is 0.393 e. The molecule has 2 fully saturated rings. The molecular weight excluding hydrogens is 142 g/mol. The quantitative estimate of drug-likeness (QED) is 0.501. The molecule has 0 aromatic heterocycles. The smallest absolute Gasteiger partial charge is 0.0711 e. The Morgan fingerprint density at radius 2 is 1.91 bits per heavy atom. The van der Waals surface area contributed by atoms with E-state index in [1.807, 2.05) is 7.05 Å². The topological polar surface area (TPSA) is 43.7 Å². The van der Waals surface area contributed by atoms with Crippen molar-refractivity contribution in [3.8, 4) is 0 Å². The van der Waals surface area contributed by atoms with Gasteiger partial charge in [-0.3, -0.25) is 4.90 Å². The predicted octanol–water partition coefficient (Wildman–Crippen LogP) is -0.425. The lowest BCUT2D eigenvalue weighted by molar-refractivity contribution is 0.0282. The Morgan fingerprint density at radius 1 is 1.18 bits per heavy atom. The molecule has 2 unspecified atom stereocenters. The summed E-state index contributed by atoms with van der Waals surface area (Å²) in [4.78, 5) is 2.21. The van der Waals surface area contributed by atoms with Crippen molar-refractivity contribution in [1.82, 2.24) is 4.90 Å². The minimum absolute atomic E-state index is 0.182. The molecule has 11 heavy (non-hydrogen) atoms. The summed E-state index contributed by atoms with van der Waals surface area (Å²) in [6.45, 7) is 0. The first kappa shape index (κ1) is 7.53. The molecule has 64 valence electrons. The van der Waals surface area contributed by atoms with Gasteiger partial charge in [0.15, 0.2) is 0 Å². The molecule has 0 saturated carbocycles. The van der Waals surface area contributed by atoms with Crippen LogP contribution >= 0.6 is 0 Å². The molecule has 2 saturated heterocycles. The minimum Gasteiger partial charge on any atom is -0.393 e. The zero-order valence-corrected chi connectivity index (χ0v) is 6.77. The van der Waals surface area contributed by atoms with Crippen LogP contribution in [0.1, 0.15) is 19.3 Å². The number of fused-ring (bicyclic) bond motifs is 2. The van der Waals surface area contributed by atoms with E-state index in [4.69, 9.17) is 0 Å². The Labute approximate surface area is 66.6 Å². The summed E-state index contributed by atoms with van der Waals surface area (Å²) in [5.41, 5.74) is 0. The van der Waals surface area contributed by atoms with Gasteiger partial charge in [-0.2, -0.15) is 0 Å². The molecule has 0 aliphatic carbocycles. The Hall–Kier alpha value is -0.120. The molecule has 2 N–H and O–H groups in total. The summed E-state index contributed by atoms with van der Waals surface area (Å²) in [5, 5.41) is 18.9. The third-order valence-electron chi connectivity index (χ3n) is 3.11. The normalized spacial score (nSPS) is 51.5. The predicted molar refractivity (Wildman–Crippen MR) is 41.2 cm³/mol. The van der Waals surface area contributed by atoms with Crippen LogP contribution < -0.4 is 0 Å². The Balaban J connectivity index is 2.14. The van der Waals surface area contributed by atoms with Crippen LogP contribution in [0.15, 0.2) is 0 Å². The van der Waals surface area contributed by atoms with E-state index >= 15 is 0 Å². The third-order valence-corrected chi connectivity index (χ3v) is 3.11. The standard InChI is InChI=1S/C8H15NO2/c1-9-5-2-6(10)4-7(9)8(11)3-5/h5-8,10-11H,2-4H2,1H3/t5-,6?,7+,8?/m1/s1. The summed E-state index contributed by atoms with van der Waals surface area (Å²) >= 11 is 0. The van der Waals surface area contributed by atoms with Gasteiger partial charge in [-0.05, 0) is 26.3 Å². The lowest BCUT2D eigenvalue weighted by Crippen LogP contribution is -2.44. The van der Waals surface area contributed by atoms with Crippen LogP contribution in [0.5, 0.6) is 0 Å². The van der Waals surface area contributed by atoms with Gasteiger partial charge >= 0.3 is 0 Å². The molecule has 0 aromatic carbocycles. The van der Waals surface area contributed by atoms with Crippen LogP contribution in [0.3, 0.4) is 0 Å². The van der Waals surface area contributed by atoms with Crippen molar-refractivity contribution in [3.63, 3.8) is 0 Å². The lowest BCUT2D eigenvalue weighted by Gasteiger charge is -2.34. The molecule has 2 aliphatic rings. The summed E-state index contributed by atoms with van der Waals surface area (Å²) in [6.07, 6.45) is 2.04. The minimum atomic E-state index is -0.206. The first-order valence-electron chi connectivity index (χ1n) is 4.26. The van der Waals surface area contributed by atoms with Gasteiger partial charge in [-0.1, -0.05) is 0 Å². The number of hydrogen-bond acceptors (Lipinski definition) is 3. The van der Waals surface area contributed by atoms with E-state index in [-0.39, 0.29) is 18.2 Å². The Morgan fingerprint density at radius 3 is 2.55 bits per heavy atom. The lowest BCUT2D eigenvalue weighted by atomic mass is 10.0. The van der Waals surface area contributed by atoms with Crippen molar-refractivity contribution >= 4 is 0 Å². The third kappa shape index (κ3) is 1.08. The van der Waals surface area contributed by atoms with Crippen molar-refractivity contribution in [2.75, 3.05) is 7.05 Å². The van der Waals surface area contributed by atoms with Gasteiger partial charge in [0.05, 0.1) is 12.2 Å². The molecule has 2 rings (SSSR count). The van der Waals surface area contributed by atoms with E-state index in [9.17, 15) is 10.2 Å². The molecular formula is C8H15NO2. The highest BCUT2D eigenvalue weighted by Gasteiger charge is 2.43. The van der Waals surface area contributed by atoms with Gasteiger partial charge in [-0.25, -0.2) is 0 Å². The van der Waals surface area contributed by atoms with Gasteiger partial charge in [0.25, 0.3) is 0 Å². The van der Waals surface area contributed by atoms with E-state index in [1.165, 1.54) is 0 Å². The number of aliphatic hydroxyl groups is 2.